The second-order valence-electron chi connectivity index (χ2n) is 9.34. The summed E-state index contributed by atoms with van der Waals surface area (Å²) in [4.78, 5) is 46.8. The van der Waals surface area contributed by atoms with Gasteiger partial charge < -0.3 is 36.5 Å². The van der Waals surface area contributed by atoms with Crippen LogP contribution in [0.15, 0.2) is 41.2 Å². The first-order valence-corrected chi connectivity index (χ1v) is 13.9. The van der Waals surface area contributed by atoms with Gasteiger partial charge in [-0.05, 0) is 43.2 Å². The molecule has 0 aliphatic heterocycles. The minimum absolute atomic E-state index is 0.0303. The van der Waals surface area contributed by atoms with E-state index in [4.69, 9.17) is 10.3 Å². The van der Waals surface area contributed by atoms with Crippen LogP contribution in [0.5, 0.6) is 0 Å². The van der Waals surface area contributed by atoms with Gasteiger partial charge in [0.15, 0.2) is 0 Å². The van der Waals surface area contributed by atoms with Crippen LogP contribution in [0.1, 0.15) is 29.6 Å². The van der Waals surface area contributed by atoms with Gasteiger partial charge in [-0.2, -0.15) is 8.42 Å². The Kier molecular flexibility index (Phi) is 8.67. The summed E-state index contributed by atoms with van der Waals surface area (Å²) in [5.41, 5.74) is 6.77. The van der Waals surface area contributed by atoms with Crippen molar-refractivity contribution in [2.75, 3.05) is 18.2 Å². The average molecular weight is 591 g/mol. The van der Waals surface area contributed by atoms with Crippen molar-refractivity contribution in [2.24, 2.45) is 0 Å². The van der Waals surface area contributed by atoms with Crippen molar-refractivity contribution in [3.63, 3.8) is 0 Å². The van der Waals surface area contributed by atoms with Crippen LogP contribution in [-0.2, 0) is 14.9 Å². The molecule has 2 aromatic heterocycles. The Morgan fingerprint density at radius 3 is 2.56 bits per heavy atom. The van der Waals surface area contributed by atoms with E-state index in [1.807, 2.05) is 5.32 Å². The first-order chi connectivity index (χ1) is 19.3. The largest absolute Gasteiger partial charge is 0.397 e. The van der Waals surface area contributed by atoms with Crippen molar-refractivity contribution in [1.29, 1.82) is 0 Å². The van der Waals surface area contributed by atoms with Crippen LogP contribution in [-0.4, -0.2) is 74.6 Å². The summed E-state index contributed by atoms with van der Waals surface area (Å²) < 4.78 is 44.3. The number of nitrogens with one attached hydrogen (secondary N) is 4. The van der Waals surface area contributed by atoms with Crippen LogP contribution in [0.2, 0.25) is 0 Å². The maximum atomic E-state index is 14.4. The van der Waals surface area contributed by atoms with Gasteiger partial charge in [-0.15, -0.1) is 0 Å². The number of nitrogen functional groups attached to an aromatic ring is 1. The fourth-order valence-corrected chi connectivity index (χ4v) is 4.61. The van der Waals surface area contributed by atoms with Gasteiger partial charge in [0, 0.05) is 12.1 Å². The summed E-state index contributed by atoms with van der Waals surface area (Å²) in [5.74, 6) is -2.81. The first-order valence-electron chi connectivity index (χ1n) is 12.3. The van der Waals surface area contributed by atoms with Crippen molar-refractivity contribution < 1.29 is 37.2 Å². The van der Waals surface area contributed by atoms with Crippen molar-refractivity contribution in [3.8, 4) is 11.4 Å². The number of benzene rings is 2. The number of amides is 2. The van der Waals surface area contributed by atoms with Crippen molar-refractivity contribution in [2.45, 2.75) is 31.5 Å². The normalized spacial score (nSPS) is 13.3. The number of H-pyrrole nitrogens is 2. The van der Waals surface area contributed by atoms with E-state index < -0.39 is 57.8 Å². The van der Waals surface area contributed by atoms with E-state index >= 15 is 0 Å². The Morgan fingerprint density at radius 2 is 1.83 bits per heavy atom. The SMILES string of the molecule is Nc1c(-c2nc3ccc(C(=O)NCC[C@@H](O)C[C@@H](O)CC(=O)NCS(=O)(=O)O)cc3[nH]2)c(=O)[nH]c2cccc(F)c12. The number of nitrogens with zero attached hydrogens (tertiary/aromatic N) is 1. The molecule has 0 aliphatic carbocycles. The molecule has 218 valence electrons. The number of anilines is 1. The fraction of sp³-hybridized carbons (Fsp3) is 0.280. The third-order valence-electron chi connectivity index (χ3n) is 6.19. The average Bonchev–Trinajstić information content (AvgIpc) is 3.29. The lowest BCUT2D eigenvalue weighted by atomic mass is 10.1. The number of carbonyl (C=O) groups is 2. The molecule has 0 saturated carbocycles. The highest BCUT2D eigenvalue weighted by Crippen LogP contribution is 2.30. The summed E-state index contributed by atoms with van der Waals surface area (Å²) in [7, 11) is -4.40. The Balaban J connectivity index is 1.36. The lowest BCUT2D eigenvalue weighted by Gasteiger charge is -2.15. The predicted octanol–water partition coefficient (Wildman–Crippen LogP) is 0.376. The molecule has 4 aromatic rings. The molecule has 0 spiro atoms. The number of carbonyl (C=O) groups excluding carboxylic acids is 2. The van der Waals surface area contributed by atoms with Crippen molar-refractivity contribution in [1.82, 2.24) is 25.6 Å². The van der Waals surface area contributed by atoms with E-state index in [2.05, 4.69) is 20.3 Å². The molecular weight excluding hydrogens is 563 g/mol. The van der Waals surface area contributed by atoms with Crippen LogP contribution >= 0.6 is 0 Å². The van der Waals surface area contributed by atoms with E-state index in [1.54, 1.807) is 6.07 Å². The highest BCUT2D eigenvalue weighted by atomic mass is 32.2. The molecule has 0 unspecified atom stereocenters. The van der Waals surface area contributed by atoms with E-state index in [0.29, 0.717) is 11.0 Å². The Bertz CT molecular complexity index is 1790. The number of aliphatic hydroxyl groups is 2. The van der Waals surface area contributed by atoms with E-state index in [1.165, 1.54) is 30.3 Å². The molecule has 41 heavy (non-hydrogen) atoms. The van der Waals surface area contributed by atoms with Crippen molar-refractivity contribution >= 4 is 49.6 Å². The number of hydrogen-bond donors (Lipinski definition) is 8. The summed E-state index contributed by atoms with van der Waals surface area (Å²) in [6.07, 6.45) is -3.01. The van der Waals surface area contributed by atoms with Gasteiger partial charge >= 0.3 is 0 Å². The monoisotopic (exact) mass is 590 g/mol. The molecule has 2 heterocycles. The zero-order valence-electron chi connectivity index (χ0n) is 21.3. The zero-order chi connectivity index (χ0) is 29.9. The number of aliphatic hydroxyl groups excluding tert-OH is 2. The number of imidazole rings is 1. The highest BCUT2D eigenvalue weighted by Gasteiger charge is 2.20. The van der Waals surface area contributed by atoms with Gasteiger partial charge in [0.1, 0.15) is 23.1 Å². The minimum Gasteiger partial charge on any atom is -0.397 e. The molecule has 0 fully saturated rings. The standard InChI is InChI=1S/C25H27FN6O8S/c26-15-2-1-3-17-20(15)22(27)21(25(37)32-17)23-30-16-5-4-12(8-18(16)31-23)24(36)28-7-6-13(33)9-14(34)10-19(35)29-11-41(38,39)40/h1-5,8,13-14,33-34H,6-7,9-11H2,(H,28,36)(H,29,35)(H,30,31)(H3,27,32,37)(H,38,39,40)/t13-,14-/m1/s1. The molecule has 16 heteroatoms. The molecule has 0 aliphatic rings. The quantitative estimate of drug-likeness (QED) is 0.112. The van der Waals surface area contributed by atoms with Crippen LogP contribution in [0.25, 0.3) is 33.3 Å². The summed E-state index contributed by atoms with van der Waals surface area (Å²) in [6, 6.07) is 8.75. The van der Waals surface area contributed by atoms with Crippen molar-refractivity contribution in [3.05, 3.63) is 58.1 Å². The van der Waals surface area contributed by atoms with E-state index in [-0.39, 0.29) is 52.9 Å². The van der Waals surface area contributed by atoms with Gasteiger partial charge in [0.2, 0.25) is 5.91 Å². The summed E-state index contributed by atoms with van der Waals surface area (Å²) >= 11 is 0. The number of pyridine rings is 1. The Labute approximate surface area is 231 Å². The fourth-order valence-electron chi connectivity index (χ4n) is 4.27. The van der Waals surface area contributed by atoms with Crippen LogP contribution in [0, 0.1) is 5.82 Å². The second kappa shape index (κ2) is 12.0. The van der Waals surface area contributed by atoms with Gasteiger partial charge in [-0.3, -0.25) is 18.9 Å². The number of aromatic nitrogens is 3. The van der Waals surface area contributed by atoms with E-state index in [0.717, 1.165) is 0 Å². The highest BCUT2D eigenvalue weighted by molar-refractivity contribution is 7.85. The molecule has 4 rings (SSSR count). The third kappa shape index (κ3) is 7.23. The number of rotatable bonds is 11. The zero-order valence-corrected chi connectivity index (χ0v) is 22.2. The number of fused-ring (bicyclic) bond motifs is 2. The number of aromatic amines is 2. The predicted molar refractivity (Wildman–Crippen MR) is 147 cm³/mol. The second-order valence-corrected chi connectivity index (χ2v) is 10.8. The summed E-state index contributed by atoms with van der Waals surface area (Å²) in [6.45, 7) is 0.0303. The number of halogens is 1. The lowest BCUT2D eigenvalue weighted by Crippen LogP contribution is -2.33. The van der Waals surface area contributed by atoms with Gasteiger partial charge in [-0.25, -0.2) is 9.37 Å². The van der Waals surface area contributed by atoms with Crippen LogP contribution in [0.4, 0.5) is 10.1 Å². The first kappa shape index (κ1) is 29.6. The Hall–Kier alpha value is -4.38. The smallest absolute Gasteiger partial charge is 0.283 e. The topological polar surface area (TPSA) is 241 Å². The Morgan fingerprint density at radius 1 is 1.07 bits per heavy atom. The molecule has 0 saturated heterocycles. The van der Waals surface area contributed by atoms with Gasteiger partial charge in [0.25, 0.3) is 21.6 Å². The van der Waals surface area contributed by atoms with E-state index in [9.17, 15) is 37.4 Å². The molecule has 2 atom stereocenters. The minimum atomic E-state index is -4.40. The molecule has 0 radical (unpaired) electrons. The molecule has 0 bridgehead atoms. The molecule has 9 N–H and O–H groups in total. The maximum Gasteiger partial charge on any atom is 0.283 e. The molecular formula is C25H27FN6O8S. The van der Waals surface area contributed by atoms with Gasteiger partial charge in [0.05, 0.1) is 46.3 Å². The van der Waals surface area contributed by atoms with Crippen LogP contribution < -0.4 is 21.9 Å². The number of hydrogen-bond acceptors (Lipinski definition) is 9. The van der Waals surface area contributed by atoms with Crippen LogP contribution in [0.3, 0.4) is 0 Å². The molecule has 2 amide bonds. The number of nitrogens with two attached hydrogens (primary N) is 1. The lowest BCUT2D eigenvalue weighted by molar-refractivity contribution is -0.123. The molecule has 14 nitrogen and oxygen atoms in total. The maximum absolute atomic E-state index is 14.4. The van der Waals surface area contributed by atoms with Gasteiger partial charge in [-0.1, -0.05) is 6.07 Å². The third-order valence-corrected chi connectivity index (χ3v) is 6.70. The summed E-state index contributed by atoms with van der Waals surface area (Å²) in [5, 5.41) is 24.6. The molecule has 2 aromatic carbocycles.